The lowest BCUT2D eigenvalue weighted by Crippen LogP contribution is -2.22. The number of benzene rings is 2. The average Bonchev–Trinajstić information content (AvgIpc) is 3.28. The smallest absolute Gasteiger partial charge is 0.418 e. The number of halogens is 3. The van der Waals surface area contributed by atoms with Crippen molar-refractivity contribution in [2.45, 2.75) is 38.6 Å². The minimum absolute atomic E-state index is 0.0549. The van der Waals surface area contributed by atoms with E-state index < -0.39 is 25.9 Å². The van der Waals surface area contributed by atoms with Crippen molar-refractivity contribution in [3.8, 4) is 23.0 Å². The first-order valence-electron chi connectivity index (χ1n) is 12.5. The van der Waals surface area contributed by atoms with E-state index in [-0.39, 0.29) is 35.0 Å². The number of para-hydroxylation sites is 1. The zero-order valence-electron chi connectivity index (χ0n) is 22.5. The molecule has 0 unspecified atom stereocenters. The number of ether oxygens (including phenoxy) is 4. The van der Waals surface area contributed by atoms with Crippen LogP contribution in [0.5, 0.6) is 23.0 Å². The molecule has 12 heteroatoms. The van der Waals surface area contributed by atoms with Crippen LogP contribution in [0, 0.1) is 0 Å². The van der Waals surface area contributed by atoms with Crippen LogP contribution in [0.2, 0.25) is 25.7 Å². The summed E-state index contributed by atoms with van der Waals surface area (Å²) >= 11 is 0. The van der Waals surface area contributed by atoms with Crippen LogP contribution in [-0.4, -0.2) is 37.4 Å². The molecule has 1 N–H and O–H groups in total. The van der Waals surface area contributed by atoms with E-state index in [9.17, 15) is 18.0 Å². The van der Waals surface area contributed by atoms with Gasteiger partial charge in [-0.05, 0) is 36.4 Å². The lowest BCUT2D eigenvalue weighted by atomic mass is 10.2. The zero-order chi connectivity index (χ0) is 28.9. The van der Waals surface area contributed by atoms with Gasteiger partial charge in [0.1, 0.15) is 23.9 Å². The van der Waals surface area contributed by atoms with E-state index in [1.165, 1.54) is 42.1 Å². The lowest BCUT2D eigenvalue weighted by molar-refractivity contribution is -0.136. The summed E-state index contributed by atoms with van der Waals surface area (Å²) in [6.07, 6.45) is -3.01. The third kappa shape index (κ3) is 7.33. The van der Waals surface area contributed by atoms with Crippen LogP contribution < -0.4 is 19.5 Å². The largest absolute Gasteiger partial charge is 0.493 e. The number of carbonyl (C=O) groups excluding carboxylic acids is 1. The molecule has 0 aliphatic heterocycles. The fraction of sp³-hybridized carbons (Fsp3) is 0.286. The first-order valence-corrected chi connectivity index (χ1v) is 16.2. The predicted molar refractivity (Wildman–Crippen MR) is 148 cm³/mol. The van der Waals surface area contributed by atoms with Gasteiger partial charge in [-0.1, -0.05) is 37.8 Å². The number of rotatable bonds is 10. The van der Waals surface area contributed by atoms with Gasteiger partial charge in [-0.15, -0.1) is 0 Å². The molecule has 0 fully saturated rings. The second-order valence-corrected chi connectivity index (χ2v) is 15.8. The van der Waals surface area contributed by atoms with Crippen LogP contribution in [0.3, 0.4) is 0 Å². The second kappa shape index (κ2) is 12.0. The van der Waals surface area contributed by atoms with Crippen LogP contribution in [-0.2, 0) is 17.6 Å². The number of nitrogens with one attached hydrogen (secondary N) is 1. The molecule has 2 aromatic heterocycles. The van der Waals surface area contributed by atoms with Gasteiger partial charge in [0.05, 0.1) is 18.1 Å². The molecule has 0 saturated heterocycles. The molecule has 4 aromatic rings. The van der Waals surface area contributed by atoms with Crippen LogP contribution in [0.25, 0.3) is 11.0 Å². The third-order valence-corrected chi connectivity index (χ3v) is 7.54. The maximum Gasteiger partial charge on any atom is 0.418 e. The van der Waals surface area contributed by atoms with Crippen LogP contribution in [0.15, 0.2) is 67.0 Å². The highest BCUT2D eigenvalue weighted by molar-refractivity contribution is 6.76. The van der Waals surface area contributed by atoms with Gasteiger partial charge in [0, 0.05) is 38.8 Å². The van der Waals surface area contributed by atoms with Gasteiger partial charge in [0.15, 0.2) is 11.5 Å². The van der Waals surface area contributed by atoms with Gasteiger partial charge in [0.25, 0.3) is 0 Å². The predicted octanol–water partition coefficient (Wildman–Crippen LogP) is 7.78. The Kier molecular flexibility index (Phi) is 8.69. The van der Waals surface area contributed by atoms with E-state index in [1.807, 2.05) is 0 Å². The van der Waals surface area contributed by atoms with Crippen molar-refractivity contribution < 1.29 is 36.9 Å². The molecule has 0 radical (unpaired) electrons. The fourth-order valence-corrected chi connectivity index (χ4v) is 4.57. The van der Waals surface area contributed by atoms with E-state index in [2.05, 4.69) is 29.9 Å². The number of fused-ring (bicyclic) bond motifs is 1. The minimum Gasteiger partial charge on any atom is -0.493 e. The van der Waals surface area contributed by atoms with Crippen molar-refractivity contribution in [3.05, 3.63) is 72.6 Å². The normalized spacial score (nSPS) is 11.9. The van der Waals surface area contributed by atoms with Crippen molar-refractivity contribution >= 4 is 30.9 Å². The number of carbonyl (C=O) groups is 1. The van der Waals surface area contributed by atoms with Gasteiger partial charge in [-0.3, -0.25) is 5.32 Å². The number of hydrogen-bond acceptors (Lipinski definition) is 6. The molecule has 0 saturated carbocycles. The van der Waals surface area contributed by atoms with E-state index >= 15 is 0 Å². The molecular formula is C28H30F3N3O5Si. The summed E-state index contributed by atoms with van der Waals surface area (Å²) in [5.74, 6) is 0.637. The lowest BCUT2D eigenvalue weighted by Gasteiger charge is -2.15. The molecule has 0 spiro atoms. The molecule has 4 rings (SSSR count). The SMILES string of the molecule is COc1cc(NC(=O)Oc2ccccc2)ccc1Oc1ccnc2c1c(C(F)(F)F)cn2COCC[Si](C)(C)C. The maximum absolute atomic E-state index is 14.1. The van der Waals surface area contributed by atoms with Gasteiger partial charge >= 0.3 is 12.3 Å². The molecule has 1 amide bonds. The highest BCUT2D eigenvalue weighted by Gasteiger charge is 2.36. The Morgan fingerprint density at radius 2 is 1.77 bits per heavy atom. The third-order valence-electron chi connectivity index (χ3n) is 5.83. The van der Waals surface area contributed by atoms with Gasteiger partial charge in [-0.2, -0.15) is 13.2 Å². The first-order chi connectivity index (χ1) is 18.9. The zero-order valence-corrected chi connectivity index (χ0v) is 23.5. The Labute approximate surface area is 230 Å². The standard InChI is InChI=1S/C28H30F3N3O5Si/c1-36-24-16-19(33-27(35)38-20-8-6-5-7-9-20)10-11-22(24)39-23-12-13-32-26-25(23)21(28(29,30)31)17-34(26)18-37-14-15-40(2,3)4/h5-13,16-17H,14-15,18H2,1-4H3,(H,33,35). The number of aromatic nitrogens is 2. The highest BCUT2D eigenvalue weighted by atomic mass is 28.3. The topological polar surface area (TPSA) is 83.8 Å². The van der Waals surface area contributed by atoms with Crippen molar-refractivity contribution in [1.82, 2.24) is 9.55 Å². The van der Waals surface area contributed by atoms with Crippen molar-refractivity contribution in [1.29, 1.82) is 0 Å². The maximum atomic E-state index is 14.1. The van der Waals surface area contributed by atoms with Gasteiger partial charge in [0.2, 0.25) is 0 Å². The van der Waals surface area contributed by atoms with E-state index in [0.717, 1.165) is 12.2 Å². The van der Waals surface area contributed by atoms with Crippen molar-refractivity contribution in [3.63, 3.8) is 0 Å². The van der Waals surface area contributed by atoms with Crippen molar-refractivity contribution in [2.75, 3.05) is 19.0 Å². The number of pyridine rings is 1. The molecule has 0 atom stereocenters. The molecule has 0 aliphatic carbocycles. The Morgan fingerprint density at radius 1 is 1.02 bits per heavy atom. The molecule has 40 heavy (non-hydrogen) atoms. The average molecular weight is 574 g/mol. The summed E-state index contributed by atoms with van der Waals surface area (Å²) in [6, 6.07) is 15.2. The number of amides is 1. The molecule has 212 valence electrons. The molecule has 0 aliphatic rings. The monoisotopic (exact) mass is 573 g/mol. The molecule has 0 bridgehead atoms. The summed E-state index contributed by atoms with van der Waals surface area (Å²) in [5.41, 5.74) is -0.471. The van der Waals surface area contributed by atoms with Crippen molar-refractivity contribution in [2.24, 2.45) is 0 Å². The fourth-order valence-electron chi connectivity index (χ4n) is 3.81. The Hall–Kier alpha value is -4.03. The molecular weight excluding hydrogens is 543 g/mol. The highest BCUT2D eigenvalue weighted by Crippen LogP contribution is 2.42. The number of nitrogens with zero attached hydrogens (tertiary/aromatic N) is 2. The summed E-state index contributed by atoms with van der Waals surface area (Å²) < 4.78 is 65.7. The quantitative estimate of drug-likeness (QED) is 0.154. The Morgan fingerprint density at radius 3 is 2.45 bits per heavy atom. The number of anilines is 1. The number of methoxy groups -OCH3 is 1. The summed E-state index contributed by atoms with van der Waals surface area (Å²) in [4.78, 5) is 16.4. The Balaban J connectivity index is 1.58. The summed E-state index contributed by atoms with van der Waals surface area (Å²) in [5, 5.41) is 2.39. The minimum atomic E-state index is -4.65. The van der Waals surface area contributed by atoms with E-state index in [4.69, 9.17) is 18.9 Å². The van der Waals surface area contributed by atoms with Crippen LogP contribution in [0.1, 0.15) is 5.56 Å². The van der Waals surface area contributed by atoms with Crippen LogP contribution >= 0.6 is 0 Å². The summed E-state index contributed by atoms with van der Waals surface area (Å²) in [7, 11) is 0.0226. The molecule has 2 aromatic carbocycles. The number of hydrogen-bond donors (Lipinski definition) is 1. The van der Waals surface area contributed by atoms with E-state index in [0.29, 0.717) is 18.0 Å². The molecule has 2 heterocycles. The second-order valence-electron chi connectivity index (χ2n) is 10.2. The van der Waals surface area contributed by atoms with Gasteiger partial charge < -0.3 is 23.5 Å². The first kappa shape index (κ1) is 29.0. The molecule has 8 nitrogen and oxygen atoms in total. The number of alkyl halides is 3. The van der Waals surface area contributed by atoms with E-state index in [1.54, 1.807) is 30.3 Å². The summed E-state index contributed by atoms with van der Waals surface area (Å²) in [6.45, 7) is 6.96. The van der Waals surface area contributed by atoms with Crippen LogP contribution in [0.4, 0.5) is 23.7 Å². The van der Waals surface area contributed by atoms with Gasteiger partial charge in [-0.25, -0.2) is 9.78 Å². The Bertz CT molecular complexity index is 1470.